The van der Waals surface area contributed by atoms with E-state index in [1.165, 1.54) is 10.2 Å². The van der Waals surface area contributed by atoms with Crippen LogP contribution in [0.5, 0.6) is 0 Å². The molecule has 0 aliphatic heterocycles. The molecule has 2 rings (SSSR count). The molecule has 2 aromatic rings. The van der Waals surface area contributed by atoms with Gasteiger partial charge < -0.3 is 4.90 Å². The first-order valence-electron chi connectivity index (χ1n) is 7.31. The van der Waals surface area contributed by atoms with E-state index in [2.05, 4.69) is 55.2 Å². The highest BCUT2D eigenvalue weighted by Gasteiger charge is 2.04. The quantitative estimate of drug-likeness (QED) is 0.846. The minimum atomic E-state index is -0.0907. The summed E-state index contributed by atoms with van der Waals surface area (Å²) in [6.07, 6.45) is 1.04. The van der Waals surface area contributed by atoms with Crippen LogP contribution in [0.2, 0.25) is 0 Å². The third kappa shape index (κ3) is 4.02. The Labute approximate surface area is 126 Å². The van der Waals surface area contributed by atoms with Crippen LogP contribution < -0.4 is 5.56 Å². The van der Waals surface area contributed by atoms with E-state index in [1.807, 2.05) is 0 Å². The fraction of sp³-hybridized carbons (Fsp3) is 0.412. The summed E-state index contributed by atoms with van der Waals surface area (Å²) >= 11 is 0. The van der Waals surface area contributed by atoms with E-state index < -0.39 is 0 Å². The maximum atomic E-state index is 11.4. The molecule has 0 aliphatic rings. The second kappa shape index (κ2) is 6.68. The standard InChI is InChI=1S/C17H23N3O/c1-13(2)19(3)12-11-14-5-7-15(8-6-14)16-9-10-17(21)20(4)18-16/h5-10,13H,11-12H2,1-4H3. The van der Waals surface area contributed by atoms with Crippen LogP contribution in [-0.2, 0) is 13.5 Å². The molecule has 0 spiro atoms. The van der Waals surface area contributed by atoms with E-state index >= 15 is 0 Å². The van der Waals surface area contributed by atoms with Crippen LogP contribution in [0.15, 0.2) is 41.2 Å². The highest BCUT2D eigenvalue weighted by Crippen LogP contribution is 2.16. The molecule has 0 saturated carbocycles. The number of hydrogen-bond acceptors (Lipinski definition) is 3. The van der Waals surface area contributed by atoms with Crippen molar-refractivity contribution in [3.8, 4) is 11.3 Å². The van der Waals surface area contributed by atoms with Gasteiger partial charge in [0.25, 0.3) is 5.56 Å². The molecule has 0 N–H and O–H groups in total. The molecule has 0 atom stereocenters. The molecule has 21 heavy (non-hydrogen) atoms. The van der Waals surface area contributed by atoms with Crippen LogP contribution in [0.1, 0.15) is 19.4 Å². The molecule has 0 amide bonds. The number of aromatic nitrogens is 2. The van der Waals surface area contributed by atoms with Crippen molar-refractivity contribution in [1.82, 2.24) is 14.7 Å². The van der Waals surface area contributed by atoms with Crippen LogP contribution in [0.3, 0.4) is 0 Å². The molecule has 1 heterocycles. The Morgan fingerprint density at radius 1 is 1.14 bits per heavy atom. The van der Waals surface area contributed by atoms with E-state index in [-0.39, 0.29) is 5.56 Å². The first-order chi connectivity index (χ1) is 9.97. The van der Waals surface area contributed by atoms with Crippen molar-refractivity contribution < 1.29 is 0 Å². The SMILES string of the molecule is CC(C)N(C)CCc1ccc(-c2ccc(=O)n(C)n2)cc1. The van der Waals surface area contributed by atoms with Crippen molar-refractivity contribution in [2.24, 2.45) is 7.05 Å². The molecule has 0 radical (unpaired) electrons. The second-order valence-electron chi connectivity index (χ2n) is 5.70. The van der Waals surface area contributed by atoms with Gasteiger partial charge in [-0.05, 0) is 38.9 Å². The summed E-state index contributed by atoms with van der Waals surface area (Å²) in [4.78, 5) is 13.7. The summed E-state index contributed by atoms with van der Waals surface area (Å²) in [6, 6.07) is 12.3. The van der Waals surface area contributed by atoms with Crippen molar-refractivity contribution >= 4 is 0 Å². The van der Waals surface area contributed by atoms with Crippen molar-refractivity contribution in [3.63, 3.8) is 0 Å². The Balaban J connectivity index is 2.08. The predicted octanol–water partition coefficient (Wildman–Crippen LogP) is 2.33. The summed E-state index contributed by atoms with van der Waals surface area (Å²) in [5.74, 6) is 0. The number of rotatable bonds is 5. The van der Waals surface area contributed by atoms with Gasteiger partial charge in [0.15, 0.2) is 0 Å². The minimum Gasteiger partial charge on any atom is -0.304 e. The largest absolute Gasteiger partial charge is 0.304 e. The minimum absolute atomic E-state index is 0.0907. The zero-order chi connectivity index (χ0) is 15.4. The fourth-order valence-electron chi connectivity index (χ4n) is 2.06. The lowest BCUT2D eigenvalue weighted by Crippen LogP contribution is -2.28. The lowest BCUT2D eigenvalue weighted by molar-refractivity contribution is 0.277. The lowest BCUT2D eigenvalue weighted by Gasteiger charge is -2.20. The van der Waals surface area contributed by atoms with Gasteiger partial charge in [-0.1, -0.05) is 24.3 Å². The van der Waals surface area contributed by atoms with Crippen molar-refractivity contribution in [3.05, 3.63) is 52.3 Å². The van der Waals surface area contributed by atoms with Crippen LogP contribution in [0.25, 0.3) is 11.3 Å². The van der Waals surface area contributed by atoms with Gasteiger partial charge in [0.2, 0.25) is 0 Å². The van der Waals surface area contributed by atoms with Gasteiger partial charge in [-0.2, -0.15) is 5.10 Å². The Morgan fingerprint density at radius 3 is 2.38 bits per heavy atom. The number of aryl methyl sites for hydroxylation is 1. The van der Waals surface area contributed by atoms with Gasteiger partial charge in [-0.25, -0.2) is 4.68 Å². The zero-order valence-electron chi connectivity index (χ0n) is 13.2. The first kappa shape index (κ1) is 15.4. The Morgan fingerprint density at radius 2 is 1.81 bits per heavy atom. The summed E-state index contributed by atoms with van der Waals surface area (Å²) in [5.41, 5.74) is 3.08. The second-order valence-corrected chi connectivity index (χ2v) is 5.70. The smallest absolute Gasteiger partial charge is 0.266 e. The maximum absolute atomic E-state index is 11.4. The Bertz CT molecular complexity index is 644. The topological polar surface area (TPSA) is 38.1 Å². The molecular formula is C17H23N3O. The summed E-state index contributed by atoms with van der Waals surface area (Å²) in [7, 11) is 3.81. The summed E-state index contributed by atoms with van der Waals surface area (Å²) in [6.45, 7) is 5.46. The van der Waals surface area contributed by atoms with Crippen LogP contribution in [0, 0.1) is 0 Å². The fourth-order valence-corrected chi connectivity index (χ4v) is 2.06. The van der Waals surface area contributed by atoms with E-state index in [0.717, 1.165) is 24.2 Å². The lowest BCUT2D eigenvalue weighted by atomic mass is 10.1. The van der Waals surface area contributed by atoms with Crippen molar-refractivity contribution in [2.75, 3.05) is 13.6 Å². The van der Waals surface area contributed by atoms with Gasteiger partial charge in [0.05, 0.1) is 5.69 Å². The molecule has 1 aromatic carbocycles. The van der Waals surface area contributed by atoms with Gasteiger partial charge in [-0.3, -0.25) is 4.79 Å². The molecule has 112 valence electrons. The molecular weight excluding hydrogens is 262 g/mol. The molecule has 0 unspecified atom stereocenters. The molecule has 1 aromatic heterocycles. The molecule has 0 aliphatic carbocycles. The van der Waals surface area contributed by atoms with Crippen LogP contribution in [0.4, 0.5) is 0 Å². The van der Waals surface area contributed by atoms with Crippen molar-refractivity contribution in [1.29, 1.82) is 0 Å². The van der Waals surface area contributed by atoms with Gasteiger partial charge in [0.1, 0.15) is 0 Å². The third-order valence-corrected chi connectivity index (χ3v) is 3.84. The van der Waals surface area contributed by atoms with Gasteiger partial charge >= 0.3 is 0 Å². The molecule has 4 nitrogen and oxygen atoms in total. The Hall–Kier alpha value is -1.94. The normalized spacial score (nSPS) is 11.3. The van der Waals surface area contributed by atoms with Gasteiger partial charge in [0, 0.05) is 31.3 Å². The predicted molar refractivity (Wildman–Crippen MR) is 86.4 cm³/mol. The first-order valence-corrected chi connectivity index (χ1v) is 7.31. The monoisotopic (exact) mass is 285 g/mol. The maximum Gasteiger partial charge on any atom is 0.266 e. The molecule has 0 saturated heterocycles. The zero-order valence-corrected chi connectivity index (χ0v) is 13.2. The highest BCUT2D eigenvalue weighted by molar-refractivity contribution is 5.58. The van der Waals surface area contributed by atoms with Crippen LogP contribution in [-0.4, -0.2) is 34.3 Å². The summed E-state index contributed by atoms with van der Waals surface area (Å²) < 4.78 is 1.36. The highest BCUT2D eigenvalue weighted by atomic mass is 16.1. The van der Waals surface area contributed by atoms with Gasteiger partial charge in [-0.15, -0.1) is 0 Å². The average Bonchev–Trinajstić information content (AvgIpc) is 2.48. The summed E-state index contributed by atoms with van der Waals surface area (Å²) in [5, 5.41) is 4.27. The third-order valence-electron chi connectivity index (χ3n) is 3.84. The number of nitrogens with zero attached hydrogens (tertiary/aromatic N) is 3. The van der Waals surface area contributed by atoms with E-state index in [1.54, 1.807) is 19.2 Å². The molecule has 0 bridgehead atoms. The van der Waals surface area contributed by atoms with E-state index in [4.69, 9.17) is 0 Å². The van der Waals surface area contributed by atoms with Crippen molar-refractivity contribution in [2.45, 2.75) is 26.3 Å². The van der Waals surface area contributed by atoms with E-state index in [9.17, 15) is 4.79 Å². The van der Waals surface area contributed by atoms with E-state index in [0.29, 0.717) is 6.04 Å². The molecule has 4 heteroatoms. The number of benzene rings is 1. The molecule has 0 fully saturated rings. The number of hydrogen-bond donors (Lipinski definition) is 0. The Kier molecular flexibility index (Phi) is 4.91. The average molecular weight is 285 g/mol. The number of likely N-dealkylation sites (N-methyl/N-ethyl adjacent to an activating group) is 1. The van der Waals surface area contributed by atoms with Crippen LogP contribution >= 0.6 is 0 Å².